The van der Waals surface area contributed by atoms with Crippen LogP contribution in [-0.2, 0) is 19.2 Å². The molecular formula is C18H33N3O5S. The highest BCUT2D eigenvalue weighted by Crippen LogP contribution is 2.10. The largest absolute Gasteiger partial charge is 0.480 e. The molecule has 0 saturated heterocycles. The van der Waals surface area contributed by atoms with Gasteiger partial charge in [-0.25, -0.2) is 4.79 Å². The van der Waals surface area contributed by atoms with Gasteiger partial charge in [-0.2, -0.15) is 11.8 Å². The van der Waals surface area contributed by atoms with Crippen molar-refractivity contribution in [2.45, 2.75) is 65.1 Å². The van der Waals surface area contributed by atoms with Crippen LogP contribution in [-0.4, -0.2) is 59.4 Å². The number of carboxylic acid groups (broad SMARTS) is 1. The molecule has 0 bridgehead atoms. The van der Waals surface area contributed by atoms with Gasteiger partial charge >= 0.3 is 5.97 Å². The Morgan fingerprint density at radius 3 is 1.85 bits per heavy atom. The molecule has 4 N–H and O–H groups in total. The zero-order valence-electron chi connectivity index (χ0n) is 16.8. The van der Waals surface area contributed by atoms with E-state index < -0.39 is 35.9 Å². The minimum atomic E-state index is -1.10. The van der Waals surface area contributed by atoms with Gasteiger partial charge in [0.1, 0.15) is 18.1 Å². The van der Waals surface area contributed by atoms with Gasteiger partial charge in [0.25, 0.3) is 0 Å². The second-order valence-corrected chi connectivity index (χ2v) is 8.32. The van der Waals surface area contributed by atoms with Crippen molar-refractivity contribution in [1.82, 2.24) is 16.0 Å². The molecule has 0 saturated carbocycles. The summed E-state index contributed by atoms with van der Waals surface area (Å²) in [5, 5.41) is 17.0. The molecule has 8 nitrogen and oxygen atoms in total. The maximum atomic E-state index is 12.6. The van der Waals surface area contributed by atoms with Crippen LogP contribution in [0.25, 0.3) is 0 Å². The van der Waals surface area contributed by atoms with Crippen LogP contribution in [0.2, 0.25) is 0 Å². The number of carbonyl (C=O) groups excluding carboxylic acids is 3. The Kier molecular flexibility index (Phi) is 12.5. The van der Waals surface area contributed by atoms with E-state index >= 15 is 0 Å². The van der Waals surface area contributed by atoms with Crippen LogP contribution in [0.15, 0.2) is 0 Å². The lowest BCUT2D eigenvalue weighted by Crippen LogP contribution is -2.55. The number of thioether (sulfide) groups is 1. The van der Waals surface area contributed by atoms with E-state index in [1.807, 2.05) is 34.0 Å². The lowest BCUT2D eigenvalue weighted by atomic mass is 10.00. The van der Waals surface area contributed by atoms with Gasteiger partial charge in [-0.15, -0.1) is 0 Å². The predicted octanol–water partition coefficient (Wildman–Crippen LogP) is 1.00. The van der Waals surface area contributed by atoms with Crippen molar-refractivity contribution >= 4 is 36.0 Å². The summed E-state index contributed by atoms with van der Waals surface area (Å²) in [5.74, 6) is -1.20. The molecule has 0 heterocycles. The van der Waals surface area contributed by atoms with Crippen LogP contribution in [0.5, 0.6) is 0 Å². The van der Waals surface area contributed by atoms with Gasteiger partial charge in [-0.3, -0.25) is 14.4 Å². The summed E-state index contributed by atoms with van der Waals surface area (Å²) >= 11 is 1.55. The summed E-state index contributed by atoms with van der Waals surface area (Å²) in [6, 6.07) is -2.61. The zero-order chi connectivity index (χ0) is 21.0. The first-order valence-electron chi connectivity index (χ1n) is 9.14. The minimum absolute atomic E-state index is 0.0947. The Bertz CT molecular complexity index is 499. The van der Waals surface area contributed by atoms with Gasteiger partial charge < -0.3 is 21.1 Å². The van der Waals surface area contributed by atoms with Gasteiger partial charge in [-0.1, -0.05) is 27.7 Å². The second kappa shape index (κ2) is 13.4. The fourth-order valence-corrected chi connectivity index (χ4v) is 3.02. The van der Waals surface area contributed by atoms with E-state index in [-0.39, 0.29) is 11.8 Å². The Morgan fingerprint density at radius 1 is 0.926 bits per heavy atom. The molecule has 3 atom stereocenters. The summed E-state index contributed by atoms with van der Waals surface area (Å²) in [4.78, 5) is 47.3. The third-order valence-corrected chi connectivity index (χ3v) is 4.50. The van der Waals surface area contributed by atoms with Crippen LogP contribution in [0.4, 0.5) is 0 Å². The quantitative estimate of drug-likeness (QED) is 0.321. The zero-order valence-corrected chi connectivity index (χ0v) is 17.6. The minimum Gasteiger partial charge on any atom is -0.480 e. The molecule has 0 aliphatic rings. The van der Waals surface area contributed by atoms with Crippen LogP contribution in [0.3, 0.4) is 0 Å². The number of carbonyl (C=O) groups is 4. The highest BCUT2D eigenvalue weighted by atomic mass is 32.2. The predicted molar refractivity (Wildman–Crippen MR) is 106 cm³/mol. The average molecular weight is 404 g/mol. The lowest BCUT2D eigenvalue weighted by Gasteiger charge is -2.25. The molecule has 0 aromatic rings. The van der Waals surface area contributed by atoms with Crippen LogP contribution < -0.4 is 16.0 Å². The van der Waals surface area contributed by atoms with Crippen molar-refractivity contribution in [3.8, 4) is 0 Å². The molecule has 0 unspecified atom stereocenters. The molecular weight excluding hydrogens is 370 g/mol. The molecule has 0 radical (unpaired) electrons. The smallest absolute Gasteiger partial charge is 0.326 e. The van der Waals surface area contributed by atoms with Crippen molar-refractivity contribution in [3.63, 3.8) is 0 Å². The molecule has 3 amide bonds. The third-order valence-electron chi connectivity index (χ3n) is 3.86. The highest BCUT2D eigenvalue weighted by molar-refractivity contribution is 7.98. The van der Waals surface area contributed by atoms with E-state index in [0.717, 1.165) is 0 Å². The summed E-state index contributed by atoms with van der Waals surface area (Å²) in [6.07, 6.45) is 3.46. The summed E-state index contributed by atoms with van der Waals surface area (Å²) in [5.41, 5.74) is 0. The first kappa shape index (κ1) is 25.2. The van der Waals surface area contributed by atoms with E-state index in [9.17, 15) is 24.3 Å². The Labute approximate surface area is 165 Å². The average Bonchev–Trinajstić information content (AvgIpc) is 2.56. The van der Waals surface area contributed by atoms with E-state index in [1.54, 1.807) is 11.8 Å². The van der Waals surface area contributed by atoms with Crippen LogP contribution >= 0.6 is 11.8 Å². The maximum Gasteiger partial charge on any atom is 0.326 e. The van der Waals surface area contributed by atoms with E-state index in [0.29, 0.717) is 31.4 Å². The molecule has 156 valence electrons. The number of hydrogen-bond donors (Lipinski definition) is 4. The van der Waals surface area contributed by atoms with Gasteiger partial charge in [-0.05, 0) is 43.1 Å². The van der Waals surface area contributed by atoms with Crippen LogP contribution in [0.1, 0.15) is 47.0 Å². The van der Waals surface area contributed by atoms with Crippen molar-refractivity contribution in [3.05, 3.63) is 0 Å². The summed E-state index contributed by atoms with van der Waals surface area (Å²) in [7, 11) is 0. The van der Waals surface area contributed by atoms with E-state index in [4.69, 9.17) is 0 Å². The molecule has 0 aromatic carbocycles. The third kappa shape index (κ3) is 10.8. The topological polar surface area (TPSA) is 125 Å². The molecule has 0 rings (SSSR count). The second-order valence-electron chi connectivity index (χ2n) is 7.34. The van der Waals surface area contributed by atoms with Crippen molar-refractivity contribution in [2.24, 2.45) is 11.8 Å². The molecule has 0 aromatic heterocycles. The van der Waals surface area contributed by atoms with Gasteiger partial charge in [0.05, 0.1) is 0 Å². The highest BCUT2D eigenvalue weighted by Gasteiger charge is 2.29. The van der Waals surface area contributed by atoms with Crippen molar-refractivity contribution in [2.75, 3.05) is 12.0 Å². The number of amides is 3. The standard InChI is InChI=1S/C18H33N3O5S/c1-11(2)8-14(17(24)21-15(18(25)26)9-12(3)4)20-16(23)13(19-10-22)6-7-27-5/h10-15H,6-9H2,1-5H3,(H,19,22)(H,20,23)(H,21,24)(H,25,26)/t13-,14-,15-/m0/s1. The van der Waals surface area contributed by atoms with Crippen molar-refractivity contribution in [1.29, 1.82) is 0 Å². The maximum absolute atomic E-state index is 12.6. The Hall–Kier alpha value is -1.77. The number of nitrogens with one attached hydrogen (secondary N) is 3. The van der Waals surface area contributed by atoms with Crippen molar-refractivity contribution < 1.29 is 24.3 Å². The van der Waals surface area contributed by atoms with Gasteiger partial charge in [0.2, 0.25) is 18.2 Å². The van der Waals surface area contributed by atoms with Gasteiger partial charge in [0.15, 0.2) is 0 Å². The normalized spacial score (nSPS) is 14.3. The van der Waals surface area contributed by atoms with E-state index in [2.05, 4.69) is 16.0 Å². The first-order chi connectivity index (χ1) is 12.6. The van der Waals surface area contributed by atoms with Crippen LogP contribution in [0, 0.1) is 11.8 Å². The van der Waals surface area contributed by atoms with E-state index in [1.165, 1.54) is 0 Å². The SMILES string of the molecule is CSCC[C@H](NC=O)C(=O)N[C@@H](CC(C)C)C(=O)N[C@@H](CC(C)C)C(=O)O. The summed E-state index contributed by atoms with van der Waals surface area (Å²) < 4.78 is 0. The number of hydrogen-bond acceptors (Lipinski definition) is 5. The summed E-state index contributed by atoms with van der Waals surface area (Å²) in [6.45, 7) is 7.56. The fraction of sp³-hybridized carbons (Fsp3) is 0.778. The Morgan fingerprint density at radius 2 is 1.41 bits per heavy atom. The van der Waals surface area contributed by atoms with Gasteiger partial charge in [0, 0.05) is 0 Å². The molecule has 0 aliphatic heterocycles. The Balaban J connectivity index is 5.16. The molecule has 27 heavy (non-hydrogen) atoms. The number of rotatable bonds is 14. The molecule has 0 aliphatic carbocycles. The lowest BCUT2D eigenvalue weighted by molar-refractivity contribution is -0.142. The number of carboxylic acids is 1. The fourth-order valence-electron chi connectivity index (χ4n) is 2.55. The first-order valence-corrected chi connectivity index (χ1v) is 10.5. The molecule has 9 heteroatoms. The monoisotopic (exact) mass is 403 g/mol. The molecule has 0 fully saturated rings. The number of aliphatic carboxylic acids is 1. The molecule has 0 spiro atoms.